The van der Waals surface area contributed by atoms with Crippen molar-refractivity contribution in [3.05, 3.63) is 41.1 Å². The summed E-state index contributed by atoms with van der Waals surface area (Å²) in [5, 5.41) is 8.09. The van der Waals surface area contributed by atoms with Crippen molar-refractivity contribution >= 4 is 23.5 Å². The average molecular weight is 416 g/mol. The molecule has 0 bridgehead atoms. The number of ether oxygens (including phenoxy) is 2. The van der Waals surface area contributed by atoms with Gasteiger partial charge in [-0.1, -0.05) is 12.1 Å². The SMILES string of the molecule is CCOc1ccc([C@@H]2SCC(=O)Nc3c2c(C)nn3[C@@H]2CCOC(C)(C)C2)cc1. The number of hydrogen-bond donors (Lipinski definition) is 1. The number of hydrogen-bond acceptors (Lipinski definition) is 5. The molecule has 1 amide bonds. The Kier molecular flexibility index (Phi) is 5.62. The number of aromatic nitrogens is 2. The maximum Gasteiger partial charge on any atom is 0.235 e. The number of aryl methyl sites for hydroxylation is 1. The van der Waals surface area contributed by atoms with E-state index in [0.29, 0.717) is 19.0 Å². The van der Waals surface area contributed by atoms with Gasteiger partial charge in [0.05, 0.1) is 34.9 Å². The fourth-order valence-corrected chi connectivity index (χ4v) is 5.44. The second-order valence-corrected chi connectivity index (χ2v) is 9.38. The number of thioether (sulfide) groups is 1. The fraction of sp³-hybridized carbons (Fsp3) is 0.545. The zero-order valence-corrected chi connectivity index (χ0v) is 18.3. The molecule has 2 aliphatic heterocycles. The van der Waals surface area contributed by atoms with Gasteiger partial charge in [-0.05, 0) is 58.2 Å². The van der Waals surface area contributed by atoms with E-state index in [-0.39, 0.29) is 22.8 Å². The van der Waals surface area contributed by atoms with E-state index in [1.807, 2.05) is 30.7 Å². The number of nitrogens with one attached hydrogen (secondary N) is 1. The van der Waals surface area contributed by atoms with Crippen LogP contribution in [0.4, 0.5) is 5.82 Å². The molecule has 1 aromatic heterocycles. The van der Waals surface area contributed by atoms with Crippen LogP contribution < -0.4 is 10.1 Å². The van der Waals surface area contributed by atoms with E-state index >= 15 is 0 Å². The Morgan fingerprint density at radius 2 is 2.10 bits per heavy atom. The number of nitrogens with zero attached hydrogens (tertiary/aromatic N) is 2. The van der Waals surface area contributed by atoms with Crippen LogP contribution in [-0.2, 0) is 9.53 Å². The van der Waals surface area contributed by atoms with Crippen molar-refractivity contribution < 1.29 is 14.3 Å². The van der Waals surface area contributed by atoms with Crippen molar-refractivity contribution in [3.63, 3.8) is 0 Å². The van der Waals surface area contributed by atoms with E-state index < -0.39 is 0 Å². The predicted octanol–water partition coefficient (Wildman–Crippen LogP) is 4.50. The van der Waals surface area contributed by atoms with Gasteiger partial charge in [-0.25, -0.2) is 4.68 Å². The molecule has 2 aromatic rings. The Labute approximate surface area is 176 Å². The maximum atomic E-state index is 12.5. The van der Waals surface area contributed by atoms with Crippen LogP contribution in [-0.4, -0.2) is 40.3 Å². The number of benzene rings is 1. The summed E-state index contributed by atoms with van der Waals surface area (Å²) in [5.74, 6) is 2.16. The third-order valence-electron chi connectivity index (χ3n) is 5.54. The van der Waals surface area contributed by atoms with Crippen LogP contribution in [0.25, 0.3) is 0 Å². The highest BCUT2D eigenvalue weighted by Crippen LogP contribution is 2.45. The summed E-state index contributed by atoms with van der Waals surface area (Å²) in [5.41, 5.74) is 3.05. The van der Waals surface area contributed by atoms with Gasteiger partial charge in [0, 0.05) is 12.2 Å². The molecule has 2 atom stereocenters. The van der Waals surface area contributed by atoms with Crippen LogP contribution >= 0.6 is 11.8 Å². The third kappa shape index (κ3) is 4.16. The smallest absolute Gasteiger partial charge is 0.235 e. The standard InChI is InChI=1S/C22H29N3O3S/c1-5-27-17-8-6-15(7-9-17)20-19-14(2)24-25(21(19)23-18(26)13-29-20)16-10-11-28-22(3,4)12-16/h6-9,16,20H,5,10-13H2,1-4H3,(H,23,26)/t16-,20+/m1/s1. The van der Waals surface area contributed by atoms with Crippen molar-refractivity contribution in [1.29, 1.82) is 0 Å². The highest BCUT2D eigenvalue weighted by molar-refractivity contribution is 8.00. The van der Waals surface area contributed by atoms with Crippen LogP contribution in [0, 0.1) is 6.92 Å². The van der Waals surface area contributed by atoms with Crippen LogP contribution in [0.3, 0.4) is 0 Å². The molecule has 2 aliphatic rings. The van der Waals surface area contributed by atoms with Crippen molar-refractivity contribution in [2.75, 3.05) is 24.3 Å². The number of fused-ring (bicyclic) bond motifs is 1. The lowest BCUT2D eigenvalue weighted by Gasteiger charge is -2.36. The average Bonchev–Trinajstić information content (AvgIpc) is 2.88. The van der Waals surface area contributed by atoms with Crippen molar-refractivity contribution in [2.24, 2.45) is 0 Å². The predicted molar refractivity (Wildman–Crippen MR) is 116 cm³/mol. The van der Waals surface area contributed by atoms with Gasteiger partial charge >= 0.3 is 0 Å². The molecule has 0 radical (unpaired) electrons. The first-order valence-corrected chi connectivity index (χ1v) is 11.3. The summed E-state index contributed by atoms with van der Waals surface area (Å²) in [6.45, 7) is 9.61. The lowest BCUT2D eigenvalue weighted by atomic mass is 9.94. The summed E-state index contributed by atoms with van der Waals surface area (Å²) >= 11 is 1.65. The number of carbonyl (C=O) groups is 1. The number of carbonyl (C=O) groups excluding carboxylic acids is 1. The molecule has 0 unspecified atom stereocenters. The maximum absolute atomic E-state index is 12.5. The van der Waals surface area contributed by atoms with Gasteiger partial charge in [-0.3, -0.25) is 4.79 Å². The highest BCUT2D eigenvalue weighted by Gasteiger charge is 2.36. The van der Waals surface area contributed by atoms with E-state index in [1.165, 1.54) is 0 Å². The lowest BCUT2D eigenvalue weighted by Crippen LogP contribution is -2.36. The van der Waals surface area contributed by atoms with Crippen LogP contribution in [0.15, 0.2) is 24.3 Å². The normalized spacial score (nSPS) is 23.8. The topological polar surface area (TPSA) is 65.4 Å². The molecule has 0 saturated carbocycles. The molecule has 1 aromatic carbocycles. The molecular weight excluding hydrogens is 386 g/mol. The van der Waals surface area contributed by atoms with E-state index in [4.69, 9.17) is 14.6 Å². The van der Waals surface area contributed by atoms with Gasteiger partial charge in [-0.15, -0.1) is 11.8 Å². The molecule has 1 saturated heterocycles. The molecule has 0 spiro atoms. The quantitative estimate of drug-likeness (QED) is 0.797. The Bertz CT molecular complexity index is 891. The zero-order valence-electron chi connectivity index (χ0n) is 17.5. The molecule has 1 fully saturated rings. The second kappa shape index (κ2) is 8.03. The second-order valence-electron chi connectivity index (χ2n) is 8.29. The Hall–Kier alpha value is -1.99. The fourth-order valence-electron chi connectivity index (χ4n) is 4.25. The van der Waals surface area contributed by atoms with Crippen molar-refractivity contribution in [3.8, 4) is 5.75 Å². The molecular formula is C22H29N3O3S. The molecule has 0 aliphatic carbocycles. The molecule has 156 valence electrons. The lowest BCUT2D eigenvalue weighted by molar-refractivity contribution is -0.113. The minimum absolute atomic E-state index is 0.0251. The Morgan fingerprint density at radius 3 is 2.79 bits per heavy atom. The minimum atomic E-state index is -0.187. The van der Waals surface area contributed by atoms with Gasteiger partial charge in [-0.2, -0.15) is 5.10 Å². The van der Waals surface area contributed by atoms with Gasteiger partial charge in [0.25, 0.3) is 0 Å². The van der Waals surface area contributed by atoms with Crippen LogP contribution in [0.2, 0.25) is 0 Å². The van der Waals surface area contributed by atoms with Crippen molar-refractivity contribution in [1.82, 2.24) is 9.78 Å². The monoisotopic (exact) mass is 415 g/mol. The van der Waals surface area contributed by atoms with E-state index in [0.717, 1.165) is 41.2 Å². The van der Waals surface area contributed by atoms with Crippen LogP contribution in [0.1, 0.15) is 61.7 Å². The first-order chi connectivity index (χ1) is 13.9. The highest BCUT2D eigenvalue weighted by atomic mass is 32.2. The minimum Gasteiger partial charge on any atom is -0.494 e. The van der Waals surface area contributed by atoms with Crippen molar-refractivity contribution in [2.45, 2.75) is 57.4 Å². The molecule has 29 heavy (non-hydrogen) atoms. The summed E-state index contributed by atoms with van der Waals surface area (Å²) in [6, 6.07) is 8.40. The number of anilines is 1. The van der Waals surface area contributed by atoms with E-state index in [2.05, 4.69) is 31.3 Å². The summed E-state index contributed by atoms with van der Waals surface area (Å²) in [6.07, 6.45) is 1.77. The third-order valence-corrected chi connectivity index (χ3v) is 6.81. The molecule has 4 rings (SSSR count). The van der Waals surface area contributed by atoms with E-state index in [1.54, 1.807) is 11.8 Å². The first-order valence-electron chi connectivity index (χ1n) is 10.2. The summed E-state index contributed by atoms with van der Waals surface area (Å²) in [4.78, 5) is 12.5. The van der Waals surface area contributed by atoms with Crippen LogP contribution in [0.5, 0.6) is 5.75 Å². The van der Waals surface area contributed by atoms with Gasteiger partial charge < -0.3 is 14.8 Å². The Morgan fingerprint density at radius 1 is 1.34 bits per heavy atom. The summed E-state index contributed by atoms with van der Waals surface area (Å²) in [7, 11) is 0. The van der Waals surface area contributed by atoms with Gasteiger partial charge in [0.2, 0.25) is 5.91 Å². The van der Waals surface area contributed by atoms with Gasteiger partial charge in [0.1, 0.15) is 11.6 Å². The zero-order chi connectivity index (χ0) is 20.6. The number of rotatable bonds is 4. The first kappa shape index (κ1) is 20.3. The molecule has 7 heteroatoms. The molecule has 6 nitrogen and oxygen atoms in total. The largest absolute Gasteiger partial charge is 0.494 e. The number of amides is 1. The van der Waals surface area contributed by atoms with Gasteiger partial charge in [0.15, 0.2) is 0 Å². The molecule has 3 heterocycles. The van der Waals surface area contributed by atoms with E-state index in [9.17, 15) is 4.79 Å². The molecule has 1 N–H and O–H groups in total. The summed E-state index contributed by atoms with van der Waals surface area (Å²) < 4.78 is 13.5. The Balaban J connectivity index is 1.73.